The van der Waals surface area contributed by atoms with E-state index in [0.717, 1.165) is 17.0 Å². The summed E-state index contributed by atoms with van der Waals surface area (Å²) in [6.45, 7) is 2.40. The van der Waals surface area contributed by atoms with E-state index in [1.54, 1.807) is 12.1 Å². The van der Waals surface area contributed by atoms with Crippen LogP contribution in [0.15, 0.2) is 35.3 Å². The second-order valence-electron chi connectivity index (χ2n) is 5.23. The van der Waals surface area contributed by atoms with Gasteiger partial charge < -0.3 is 9.84 Å². The van der Waals surface area contributed by atoms with Crippen molar-refractivity contribution >= 4 is 44.3 Å². The van der Waals surface area contributed by atoms with E-state index < -0.39 is 27.0 Å². The van der Waals surface area contributed by atoms with Crippen molar-refractivity contribution in [2.75, 3.05) is 6.61 Å². The van der Waals surface area contributed by atoms with Crippen molar-refractivity contribution in [3.05, 3.63) is 56.1 Å². The van der Waals surface area contributed by atoms with Gasteiger partial charge in [-0.15, -0.1) is 0 Å². The summed E-state index contributed by atoms with van der Waals surface area (Å²) in [5.41, 5.74) is -0.752. The number of nitro benzene ring substituents is 2. The molecule has 0 amide bonds. The predicted molar refractivity (Wildman–Crippen MR) is 99.5 cm³/mol. The lowest BCUT2D eigenvalue weighted by atomic mass is 10.1. The van der Waals surface area contributed by atoms with Crippen LogP contribution in [-0.4, -0.2) is 32.8 Å². The van der Waals surface area contributed by atoms with Crippen molar-refractivity contribution in [2.45, 2.75) is 6.92 Å². The predicted octanol–water partition coefficient (Wildman–Crippen LogP) is 3.97. The van der Waals surface area contributed by atoms with Crippen LogP contribution in [0.3, 0.4) is 0 Å². The van der Waals surface area contributed by atoms with Gasteiger partial charge in [0.25, 0.3) is 5.69 Å². The Morgan fingerprint density at radius 3 is 2.70 bits per heavy atom. The number of thiazole rings is 1. The Bertz CT molecular complexity index is 1080. The first kappa shape index (κ1) is 18.2. The van der Waals surface area contributed by atoms with Gasteiger partial charge in [0.1, 0.15) is 5.75 Å². The molecule has 2 aromatic carbocycles. The van der Waals surface area contributed by atoms with Gasteiger partial charge in [-0.05, 0) is 25.1 Å². The first-order chi connectivity index (χ1) is 12.9. The number of benzene rings is 2. The van der Waals surface area contributed by atoms with Crippen molar-refractivity contribution in [3.63, 3.8) is 0 Å². The fourth-order valence-electron chi connectivity index (χ4n) is 2.30. The molecule has 1 heterocycles. The number of phenols is 1. The highest BCUT2D eigenvalue weighted by Gasteiger charge is 2.23. The van der Waals surface area contributed by atoms with E-state index in [0.29, 0.717) is 29.1 Å². The third-order valence-corrected chi connectivity index (χ3v) is 4.41. The molecular formula is C16H12N4O6S. The SMILES string of the molecule is CCOc1ccc2nc(/N=C/c3cc([N+](=O)[O-])cc([N+](=O)[O-])c3O)sc2c1. The second kappa shape index (κ2) is 7.33. The van der Waals surface area contributed by atoms with E-state index in [1.807, 2.05) is 13.0 Å². The molecule has 3 aromatic rings. The molecule has 27 heavy (non-hydrogen) atoms. The summed E-state index contributed by atoms with van der Waals surface area (Å²) in [5, 5.41) is 32.2. The lowest BCUT2D eigenvalue weighted by Gasteiger charge is -2.00. The molecule has 0 aliphatic rings. The maximum absolute atomic E-state index is 11.0. The van der Waals surface area contributed by atoms with Crippen LogP contribution in [-0.2, 0) is 0 Å². The monoisotopic (exact) mass is 388 g/mol. The van der Waals surface area contributed by atoms with Gasteiger partial charge in [0.05, 0.1) is 32.7 Å². The van der Waals surface area contributed by atoms with Crippen molar-refractivity contribution in [1.82, 2.24) is 4.98 Å². The molecule has 0 unspecified atom stereocenters. The number of hydrogen-bond donors (Lipinski definition) is 1. The minimum absolute atomic E-state index is 0.148. The Morgan fingerprint density at radius 1 is 1.26 bits per heavy atom. The van der Waals surface area contributed by atoms with E-state index in [9.17, 15) is 25.3 Å². The molecule has 0 radical (unpaired) electrons. The largest absolute Gasteiger partial charge is 0.502 e. The van der Waals surface area contributed by atoms with E-state index in [2.05, 4.69) is 9.98 Å². The molecule has 0 spiro atoms. The zero-order chi connectivity index (χ0) is 19.6. The highest BCUT2D eigenvalue weighted by atomic mass is 32.1. The lowest BCUT2D eigenvalue weighted by molar-refractivity contribution is -0.394. The van der Waals surface area contributed by atoms with Gasteiger partial charge in [0.15, 0.2) is 0 Å². The average Bonchev–Trinajstić information content (AvgIpc) is 3.02. The molecule has 138 valence electrons. The van der Waals surface area contributed by atoms with Gasteiger partial charge in [0, 0.05) is 17.8 Å². The number of aromatic hydroxyl groups is 1. The third kappa shape index (κ3) is 3.82. The molecule has 0 bridgehead atoms. The molecule has 1 N–H and O–H groups in total. The van der Waals surface area contributed by atoms with Crippen molar-refractivity contribution in [3.8, 4) is 11.5 Å². The summed E-state index contributed by atoms with van der Waals surface area (Å²) < 4.78 is 6.24. The third-order valence-electron chi connectivity index (χ3n) is 3.49. The number of aliphatic imine (C=N–C) groups is 1. The standard InChI is InChI=1S/C16H12N4O6S/c1-2-26-11-3-4-12-14(7-11)27-16(18-12)17-8-9-5-10(19(22)23)6-13(15(9)21)20(24)25/h3-8,21H,2H2,1H3/b17-8+. The summed E-state index contributed by atoms with van der Waals surface area (Å²) in [6, 6.07) is 7.05. The molecule has 0 saturated carbocycles. The highest BCUT2D eigenvalue weighted by molar-refractivity contribution is 7.22. The van der Waals surface area contributed by atoms with E-state index in [1.165, 1.54) is 11.3 Å². The van der Waals surface area contributed by atoms with Crippen molar-refractivity contribution in [1.29, 1.82) is 0 Å². The molecule has 0 aliphatic heterocycles. The first-order valence-corrected chi connectivity index (χ1v) is 8.44. The smallest absolute Gasteiger partial charge is 0.318 e. The maximum atomic E-state index is 11.0. The minimum Gasteiger partial charge on any atom is -0.502 e. The quantitative estimate of drug-likeness (QED) is 0.382. The summed E-state index contributed by atoms with van der Waals surface area (Å²) in [7, 11) is 0. The maximum Gasteiger partial charge on any atom is 0.318 e. The zero-order valence-electron chi connectivity index (χ0n) is 13.9. The van der Waals surface area contributed by atoms with Crippen LogP contribution in [0.5, 0.6) is 11.5 Å². The zero-order valence-corrected chi connectivity index (χ0v) is 14.7. The Kier molecular flexibility index (Phi) is 4.94. The average molecular weight is 388 g/mol. The molecule has 0 saturated heterocycles. The number of ether oxygens (including phenoxy) is 1. The molecule has 11 heteroatoms. The summed E-state index contributed by atoms with van der Waals surface area (Å²) in [5.74, 6) is -0.00905. The number of nitrogens with zero attached hydrogens (tertiary/aromatic N) is 4. The Hall–Kier alpha value is -3.60. The second-order valence-corrected chi connectivity index (χ2v) is 6.24. The molecule has 1 aromatic heterocycles. The van der Waals surface area contributed by atoms with Gasteiger partial charge in [0.2, 0.25) is 10.9 Å². The summed E-state index contributed by atoms with van der Waals surface area (Å²) in [6.07, 6.45) is 1.11. The van der Waals surface area contributed by atoms with Gasteiger partial charge in [-0.25, -0.2) is 9.98 Å². The van der Waals surface area contributed by atoms with Gasteiger partial charge in [-0.1, -0.05) is 11.3 Å². The number of non-ortho nitro benzene ring substituents is 1. The molecule has 10 nitrogen and oxygen atoms in total. The number of phenolic OH excluding ortho intramolecular Hbond substituents is 1. The fraction of sp³-hybridized carbons (Fsp3) is 0.125. The van der Waals surface area contributed by atoms with E-state index in [-0.39, 0.29) is 5.56 Å². The molecule has 3 rings (SSSR count). The number of rotatable bonds is 6. The fourth-order valence-corrected chi connectivity index (χ4v) is 3.14. The first-order valence-electron chi connectivity index (χ1n) is 7.62. The van der Waals surface area contributed by atoms with Gasteiger partial charge >= 0.3 is 5.69 Å². The number of nitro groups is 2. The van der Waals surface area contributed by atoms with Crippen LogP contribution < -0.4 is 4.74 Å². The van der Waals surface area contributed by atoms with Gasteiger partial charge in [-0.3, -0.25) is 20.2 Å². The summed E-state index contributed by atoms with van der Waals surface area (Å²) >= 11 is 1.24. The molecule has 0 atom stereocenters. The summed E-state index contributed by atoms with van der Waals surface area (Å²) in [4.78, 5) is 28.6. The van der Waals surface area contributed by atoms with Crippen molar-refractivity contribution < 1.29 is 19.7 Å². The molecular weight excluding hydrogens is 376 g/mol. The Balaban J connectivity index is 1.99. The van der Waals surface area contributed by atoms with Crippen LogP contribution in [0.2, 0.25) is 0 Å². The van der Waals surface area contributed by atoms with E-state index >= 15 is 0 Å². The van der Waals surface area contributed by atoms with Gasteiger partial charge in [-0.2, -0.15) is 0 Å². The Labute approximate surface area is 155 Å². The normalized spacial score (nSPS) is 11.1. The Morgan fingerprint density at radius 2 is 2.04 bits per heavy atom. The number of fused-ring (bicyclic) bond motifs is 1. The lowest BCUT2D eigenvalue weighted by Crippen LogP contribution is -1.96. The minimum atomic E-state index is -0.896. The van der Waals surface area contributed by atoms with Crippen LogP contribution >= 0.6 is 11.3 Å². The molecule has 0 fully saturated rings. The van der Waals surface area contributed by atoms with Crippen molar-refractivity contribution in [2.24, 2.45) is 4.99 Å². The van der Waals surface area contributed by atoms with Crippen LogP contribution in [0.25, 0.3) is 10.2 Å². The number of aromatic nitrogens is 1. The number of hydrogen-bond acceptors (Lipinski definition) is 9. The van der Waals surface area contributed by atoms with Crippen LogP contribution in [0.1, 0.15) is 12.5 Å². The highest BCUT2D eigenvalue weighted by Crippen LogP contribution is 2.35. The molecule has 0 aliphatic carbocycles. The topological polar surface area (TPSA) is 141 Å². The van der Waals surface area contributed by atoms with E-state index in [4.69, 9.17) is 4.74 Å². The van der Waals surface area contributed by atoms with Crippen LogP contribution in [0, 0.1) is 20.2 Å². The van der Waals surface area contributed by atoms with Crippen LogP contribution in [0.4, 0.5) is 16.5 Å².